The smallest absolute Gasteiger partial charge is 0.270 e. The van der Waals surface area contributed by atoms with Gasteiger partial charge in [0, 0.05) is 17.7 Å². The molecule has 0 atom stereocenters. The normalized spacial score (nSPS) is 15.0. The molecule has 0 saturated heterocycles. The van der Waals surface area contributed by atoms with Crippen LogP contribution in [0.5, 0.6) is 5.75 Å². The van der Waals surface area contributed by atoms with Crippen molar-refractivity contribution in [1.82, 2.24) is 0 Å². The number of non-ortho nitro benzene ring substituents is 1. The lowest BCUT2D eigenvalue weighted by molar-refractivity contribution is -0.385. The highest BCUT2D eigenvalue weighted by Gasteiger charge is 2.25. The van der Waals surface area contributed by atoms with Gasteiger partial charge in [0.2, 0.25) is 0 Å². The molecule has 1 N–H and O–H groups in total. The molecule has 1 aliphatic carbocycles. The third kappa shape index (κ3) is 2.24. The van der Waals surface area contributed by atoms with Crippen LogP contribution in [0.4, 0.5) is 5.69 Å². The predicted octanol–water partition coefficient (Wildman–Crippen LogP) is 1.63. The molecular formula is C10H11NO4. The summed E-state index contributed by atoms with van der Waals surface area (Å²) in [4.78, 5) is 10.0. The van der Waals surface area contributed by atoms with Gasteiger partial charge in [0.15, 0.2) is 0 Å². The van der Waals surface area contributed by atoms with Gasteiger partial charge < -0.3 is 9.84 Å². The van der Waals surface area contributed by atoms with Gasteiger partial charge in [-0.1, -0.05) is 0 Å². The van der Waals surface area contributed by atoms with Gasteiger partial charge in [0.1, 0.15) is 5.75 Å². The first kappa shape index (κ1) is 9.92. The fourth-order valence-electron chi connectivity index (χ4n) is 1.28. The lowest BCUT2D eigenvalue weighted by Crippen LogP contribution is -2.00. The molecule has 0 amide bonds. The van der Waals surface area contributed by atoms with Crippen molar-refractivity contribution in [3.63, 3.8) is 0 Å². The summed E-state index contributed by atoms with van der Waals surface area (Å²) >= 11 is 0. The maximum absolute atomic E-state index is 10.5. The standard InChI is InChI=1S/C10H11NO4/c12-6-7-5-8(11(13)14)1-4-10(7)15-9-2-3-9/h1,4-5,9,12H,2-3,6H2. The topological polar surface area (TPSA) is 72.6 Å². The zero-order valence-electron chi connectivity index (χ0n) is 8.05. The number of aliphatic hydroxyl groups is 1. The minimum absolute atomic E-state index is 0.0257. The molecule has 0 unspecified atom stereocenters. The molecular weight excluding hydrogens is 198 g/mol. The number of rotatable bonds is 4. The number of hydrogen-bond donors (Lipinski definition) is 1. The summed E-state index contributed by atoms with van der Waals surface area (Å²) in [5.74, 6) is 0.547. The molecule has 1 aromatic carbocycles. The van der Waals surface area contributed by atoms with Gasteiger partial charge in [-0.2, -0.15) is 0 Å². The largest absolute Gasteiger partial charge is 0.490 e. The van der Waals surface area contributed by atoms with E-state index in [0.29, 0.717) is 11.3 Å². The Morgan fingerprint density at radius 3 is 2.80 bits per heavy atom. The van der Waals surface area contributed by atoms with Crippen molar-refractivity contribution in [1.29, 1.82) is 0 Å². The van der Waals surface area contributed by atoms with Crippen LogP contribution < -0.4 is 4.74 Å². The summed E-state index contributed by atoms with van der Waals surface area (Å²) in [6, 6.07) is 4.27. The summed E-state index contributed by atoms with van der Waals surface area (Å²) in [6.45, 7) is -0.246. The van der Waals surface area contributed by atoms with Gasteiger partial charge in [-0.15, -0.1) is 0 Å². The molecule has 5 nitrogen and oxygen atoms in total. The first-order chi connectivity index (χ1) is 7.20. The fraction of sp³-hybridized carbons (Fsp3) is 0.400. The number of hydrogen-bond acceptors (Lipinski definition) is 4. The molecule has 5 heteroatoms. The molecule has 0 radical (unpaired) electrons. The Morgan fingerprint density at radius 2 is 2.27 bits per heavy atom. The molecule has 0 bridgehead atoms. The van der Waals surface area contributed by atoms with Gasteiger partial charge in [-0.05, 0) is 18.9 Å². The molecule has 1 fully saturated rings. The first-order valence-corrected chi connectivity index (χ1v) is 4.75. The van der Waals surface area contributed by atoms with E-state index in [9.17, 15) is 10.1 Å². The minimum Gasteiger partial charge on any atom is -0.490 e. The highest BCUT2D eigenvalue weighted by Crippen LogP contribution is 2.31. The molecule has 1 saturated carbocycles. The fourth-order valence-corrected chi connectivity index (χ4v) is 1.28. The number of nitro groups is 1. The average molecular weight is 209 g/mol. The van der Waals surface area contributed by atoms with Crippen LogP contribution in [0, 0.1) is 10.1 Å². The van der Waals surface area contributed by atoms with E-state index in [1.54, 1.807) is 6.07 Å². The summed E-state index contributed by atoms with van der Waals surface area (Å²) in [7, 11) is 0. The third-order valence-corrected chi connectivity index (χ3v) is 2.24. The predicted molar refractivity (Wildman–Crippen MR) is 52.7 cm³/mol. The van der Waals surface area contributed by atoms with E-state index in [0.717, 1.165) is 12.8 Å². The monoisotopic (exact) mass is 209 g/mol. The Kier molecular flexibility index (Phi) is 2.55. The Hall–Kier alpha value is -1.62. The Labute approximate surface area is 86.4 Å². The van der Waals surface area contributed by atoms with Crippen molar-refractivity contribution in [2.75, 3.05) is 0 Å². The van der Waals surface area contributed by atoms with Crippen LogP contribution in [0.2, 0.25) is 0 Å². The Bertz CT molecular complexity index is 387. The highest BCUT2D eigenvalue weighted by atomic mass is 16.6. The molecule has 0 aromatic heterocycles. The van der Waals surface area contributed by atoms with Crippen LogP contribution in [-0.4, -0.2) is 16.1 Å². The second kappa shape index (κ2) is 3.86. The Balaban J connectivity index is 2.25. The van der Waals surface area contributed by atoms with E-state index in [4.69, 9.17) is 9.84 Å². The first-order valence-electron chi connectivity index (χ1n) is 4.75. The lowest BCUT2D eigenvalue weighted by atomic mass is 10.2. The van der Waals surface area contributed by atoms with Crippen LogP contribution in [0.25, 0.3) is 0 Å². The van der Waals surface area contributed by atoms with Crippen molar-refractivity contribution >= 4 is 5.69 Å². The van der Waals surface area contributed by atoms with Gasteiger partial charge in [0.05, 0.1) is 17.6 Å². The van der Waals surface area contributed by atoms with Crippen molar-refractivity contribution in [2.24, 2.45) is 0 Å². The summed E-state index contributed by atoms with van der Waals surface area (Å²) in [5, 5.41) is 19.6. The SMILES string of the molecule is O=[N+]([O-])c1ccc(OC2CC2)c(CO)c1. The van der Waals surface area contributed by atoms with Crippen molar-refractivity contribution in [3.8, 4) is 5.75 Å². The molecule has 80 valence electrons. The van der Waals surface area contributed by atoms with Crippen molar-refractivity contribution in [3.05, 3.63) is 33.9 Å². The number of aliphatic hydroxyl groups excluding tert-OH is 1. The molecule has 2 rings (SSSR count). The van der Waals surface area contributed by atoms with Crippen molar-refractivity contribution < 1.29 is 14.8 Å². The van der Waals surface area contributed by atoms with Gasteiger partial charge in [0.25, 0.3) is 5.69 Å². The van der Waals surface area contributed by atoms with Crippen LogP contribution in [0.3, 0.4) is 0 Å². The molecule has 1 aromatic rings. The minimum atomic E-state index is -0.486. The van der Waals surface area contributed by atoms with E-state index < -0.39 is 4.92 Å². The number of nitro benzene ring substituents is 1. The summed E-state index contributed by atoms with van der Waals surface area (Å²) in [5.41, 5.74) is 0.443. The summed E-state index contributed by atoms with van der Waals surface area (Å²) < 4.78 is 5.50. The lowest BCUT2D eigenvalue weighted by Gasteiger charge is -2.08. The maximum Gasteiger partial charge on any atom is 0.270 e. The van der Waals surface area contributed by atoms with E-state index in [2.05, 4.69) is 0 Å². The van der Waals surface area contributed by atoms with Gasteiger partial charge in [-0.25, -0.2) is 0 Å². The van der Waals surface area contributed by atoms with Crippen LogP contribution in [0.1, 0.15) is 18.4 Å². The van der Waals surface area contributed by atoms with Gasteiger partial charge >= 0.3 is 0 Å². The average Bonchev–Trinajstić information content (AvgIpc) is 3.02. The van der Waals surface area contributed by atoms with Crippen LogP contribution >= 0.6 is 0 Å². The van der Waals surface area contributed by atoms with Crippen molar-refractivity contribution in [2.45, 2.75) is 25.6 Å². The van der Waals surface area contributed by atoms with E-state index in [-0.39, 0.29) is 18.4 Å². The second-order valence-corrected chi connectivity index (χ2v) is 3.52. The van der Waals surface area contributed by atoms with Crippen LogP contribution in [-0.2, 0) is 6.61 Å². The second-order valence-electron chi connectivity index (χ2n) is 3.52. The van der Waals surface area contributed by atoms with E-state index in [1.165, 1.54) is 12.1 Å². The number of ether oxygens (including phenoxy) is 1. The molecule has 0 spiro atoms. The molecule has 15 heavy (non-hydrogen) atoms. The summed E-state index contributed by atoms with van der Waals surface area (Å²) in [6.07, 6.45) is 2.25. The highest BCUT2D eigenvalue weighted by molar-refractivity contribution is 5.43. The van der Waals surface area contributed by atoms with E-state index >= 15 is 0 Å². The van der Waals surface area contributed by atoms with Gasteiger partial charge in [-0.3, -0.25) is 10.1 Å². The number of benzene rings is 1. The zero-order chi connectivity index (χ0) is 10.8. The molecule has 1 aliphatic rings. The third-order valence-electron chi connectivity index (χ3n) is 2.24. The number of nitrogens with zero attached hydrogens (tertiary/aromatic N) is 1. The van der Waals surface area contributed by atoms with Crippen LogP contribution in [0.15, 0.2) is 18.2 Å². The molecule has 0 heterocycles. The zero-order valence-corrected chi connectivity index (χ0v) is 8.05. The Morgan fingerprint density at radius 1 is 1.53 bits per heavy atom. The molecule has 0 aliphatic heterocycles. The van der Waals surface area contributed by atoms with E-state index in [1.807, 2.05) is 0 Å². The maximum atomic E-state index is 10.5. The quantitative estimate of drug-likeness (QED) is 0.604.